The van der Waals surface area contributed by atoms with Gasteiger partial charge in [-0.25, -0.2) is 4.98 Å². The van der Waals surface area contributed by atoms with E-state index in [4.69, 9.17) is 4.74 Å². The first-order chi connectivity index (χ1) is 11.3. The number of rotatable bonds is 5. The molecule has 23 heavy (non-hydrogen) atoms. The van der Waals surface area contributed by atoms with Gasteiger partial charge in [-0.3, -0.25) is 4.79 Å². The Labute approximate surface area is 138 Å². The monoisotopic (exact) mass is 324 g/mol. The van der Waals surface area contributed by atoms with Gasteiger partial charge in [0.1, 0.15) is 10.8 Å². The van der Waals surface area contributed by atoms with Crippen molar-refractivity contribution in [3.8, 4) is 16.3 Å². The summed E-state index contributed by atoms with van der Waals surface area (Å²) in [6, 6.07) is 15.1. The van der Waals surface area contributed by atoms with Gasteiger partial charge in [-0.05, 0) is 29.8 Å². The molecular formula is C18H16N2O2S. The molecule has 0 saturated carbocycles. The van der Waals surface area contributed by atoms with Gasteiger partial charge in [-0.15, -0.1) is 11.3 Å². The zero-order valence-electron chi connectivity index (χ0n) is 12.7. The molecule has 1 amide bonds. The minimum atomic E-state index is -0.0912. The molecule has 0 unspecified atom stereocenters. The zero-order valence-corrected chi connectivity index (χ0v) is 13.5. The van der Waals surface area contributed by atoms with Crippen molar-refractivity contribution in [2.75, 3.05) is 7.11 Å². The highest BCUT2D eigenvalue weighted by molar-refractivity contribution is 7.13. The Morgan fingerprint density at radius 3 is 2.48 bits per heavy atom. The molecule has 3 aromatic rings. The third kappa shape index (κ3) is 3.76. The largest absolute Gasteiger partial charge is 0.497 e. The van der Waals surface area contributed by atoms with Crippen LogP contribution >= 0.6 is 11.3 Å². The lowest BCUT2D eigenvalue weighted by Crippen LogP contribution is -2.22. The standard InChI is InChI=1S/C18H16N2O2S/c1-22-16-8-2-13(3-9-16)12-20-17(21)14-4-6-15(7-5-14)18-19-10-11-23-18/h2-11H,12H2,1H3,(H,20,21). The highest BCUT2D eigenvalue weighted by Gasteiger charge is 2.07. The van der Waals surface area contributed by atoms with E-state index >= 15 is 0 Å². The van der Waals surface area contributed by atoms with Gasteiger partial charge in [-0.1, -0.05) is 24.3 Å². The van der Waals surface area contributed by atoms with E-state index in [0.29, 0.717) is 12.1 Å². The van der Waals surface area contributed by atoms with E-state index in [-0.39, 0.29) is 5.91 Å². The van der Waals surface area contributed by atoms with Crippen LogP contribution in [-0.2, 0) is 6.54 Å². The summed E-state index contributed by atoms with van der Waals surface area (Å²) >= 11 is 1.58. The molecule has 0 atom stereocenters. The van der Waals surface area contributed by atoms with E-state index in [9.17, 15) is 4.79 Å². The third-order valence-corrected chi connectivity index (χ3v) is 4.26. The van der Waals surface area contributed by atoms with Crippen molar-refractivity contribution < 1.29 is 9.53 Å². The van der Waals surface area contributed by atoms with Gasteiger partial charge in [-0.2, -0.15) is 0 Å². The fraction of sp³-hybridized carbons (Fsp3) is 0.111. The number of hydrogen-bond acceptors (Lipinski definition) is 4. The summed E-state index contributed by atoms with van der Waals surface area (Å²) in [5.74, 6) is 0.712. The van der Waals surface area contributed by atoms with E-state index in [1.807, 2.05) is 53.9 Å². The maximum Gasteiger partial charge on any atom is 0.251 e. The SMILES string of the molecule is COc1ccc(CNC(=O)c2ccc(-c3nccs3)cc2)cc1. The normalized spacial score (nSPS) is 10.3. The lowest BCUT2D eigenvalue weighted by molar-refractivity contribution is 0.0951. The second-order valence-electron chi connectivity index (χ2n) is 4.95. The number of amides is 1. The molecule has 3 rings (SSSR count). The van der Waals surface area contributed by atoms with E-state index in [1.54, 1.807) is 24.6 Å². The second-order valence-corrected chi connectivity index (χ2v) is 5.84. The molecule has 0 spiro atoms. The van der Waals surface area contributed by atoms with Crippen molar-refractivity contribution in [1.82, 2.24) is 10.3 Å². The van der Waals surface area contributed by atoms with Crippen molar-refractivity contribution >= 4 is 17.2 Å². The summed E-state index contributed by atoms with van der Waals surface area (Å²) in [7, 11) is 1.63. The quantitative estimate of drug-likeness (QED) is 0.777. The van der Waals surface area contributed by atoms with Gasteiger partial charge in [0.05, 0.1) is 7.11 Å². The first-order valence-electron chi connectivity index (χ1n) is 7.17. The first kappa shape index (κ1) is 15.2. The minimum Gasteiger partial charge on any atom is -0.497 e. The maximum absolute atomic E-state index is 12.2. The molecule has 1 heterocycles. The van der Waals surface area contributed by atoms with Crippen LogP contribution in [0.3, 0.4) is 0 Å². The van der Waals surface area contributed by atoms with Crippen molar-refractivity contribution in [3.63, 3.8) is 0 Å². The Balaban J connectivity index is 1.61. The summed E-state index contributed by atoms with van der Waals surface area (Å²) < 4.78 is 5.11. The summed E-state index contributed by atoms with van der Waals surface area (Å²) in [6.45, 7) is 0.483. The van der Waals surface area contributed by atoms with E-state index in [1.165, 1.54) is 0 Å². The molecule has 0 aliphatic carbocycles. The Morgan fingerprint density at radius 1 is 1.13 bits per heavy atom. The predicted molar refractivity (Wildman–Crippen MR) is 91.7 cm³/mol. The van der Waals surface area contributed by atoms with Gasteiger partial charge in [0.15, 0.2) is 0 Å². The molecule has 0 aliphatic rings. The number of aromatic nitrogens is 1. The van der Waals surface area contributed by atoms with Crippen molar-refractivity contribution in [2.24, 2.45) is 0 Å². The molecule has 4 nitrogen and oxygen atoms in total. The van der Waals surface area contributed by atoms with Gasteiger partial charge in [0, 0.05) is 29.2 Å². The number of thiazole rings is 1. The van der Waals surface area contributed by atoms with Gasteiger partial charge in [0.25, 0.3) is 5.91 Å². The number of methoxy groups -OCH3 is 1. The van der Waals surface area contributed by atoms with Crippen molar-refractivity contribution in [3.05, 3.63) is 71.2 Å². The third-order valence-electron chi connectivity index (χ3n) is 3.44. The summed E-state index contributed by atoms with van der Waals surface area (Å²) in [6.07, 6.45) is 1.77. The predicted octanol–water partition coefficient (Wildman–Crippen LogP) is 3.75. The topological polar surface area (TPSA) is 51.2 Å². The Kier molecular flexibility index (Phi) is 4.68. The average molecular weight is 324 g/mol. The number of carbonyl (C=O) groups is 1. The average Bonchev–Trinajstić information content (AvgIpc) is 3.15. The smallest absolute Gasteiger partial charge is 0.251 e. The van der Waals surface area contributed by atoms with Gasteiger partial charge in [0.2, 0.25) is 0 Å². The number of benzene rings is 2. The van der Waals surface area contributed by atoms with Gasteiger partial charge >= 0.3 is 0 Å². The molecule has 2 aromatic carbocycles. The Hall–Kier alpha value is -2.66. The van der Waals surface area contributed by atoms with Crippen LogP contribution in [0.5, 0.6) is 5.75 Å². The number of ether oxygens (including phenoxy) is 1. The zero-order chi connectivity index (χ0) is 16.1. The molecule has 1 N–H and O–H groups in total. The van der Waals surface area contributed by atoms with Crippen LogP contribution < -0.4 is 10.1 Å². The minimum absolute atomic E-state index is 0.0912. The van der Waals surface area contributed by atoms with E-state index in [0.717, 1.165) is 21.9 Å². The number of nitrogens with one attached hydrogen (secondary N) is 1. The van der Waals surface area contributed by atoms with E-state index < -0.39 is 0 Å². The highest BCUT2D eigenvalue weighted by atomic mass is 32.1. The molecule has 0 radical (unpaired) electrons. The Bertz CT molecular complexity index is 766. The highest BCUT2D eigenvalue weighted by Crippen LogP contribution is 2.21. The van der Waals surface area contributed by atoms with Crippen molar-refractivity contribution in [2.45, 2.75) is 6.54 Å². The lowest BCUT2D eigenvalue weighted by atomic mass is 10.1. The fourth-order valence-electron chi connectivity index (χ4n) is 2.16. The Morgan fingerprint density at radius 2 is 1.87 bits per heavy atom. The number of carbonyl (C=O) groups excluding carboxylic acids is 1. The molecule has 0 fully saturated rings. The maximum atomic E-state index is 12.2. The molecule has 0 saturated heterocycles. The fourth-order valence-corrected chi connectivity index (χ4v) is 2.80. The molecular weight excluding hydrogens is 308 g/mol. The number of nitrogens with zero attached hydrogens (tertiary/aromatic N) is 1. The van der Waals surface area contributed by atoms with Crippen molar-refractivity contribution in [1.29, 1.82) is 0 Å². The summed E-state index contributed by atoms with van der Waals surface area (Å²) in [4.78, 5) is 16.4. The summed E-state index contributed by atoms with van der Waals surface area (Å²) in [5, 5.41) is 5.80. The second kappa shape index (κ2) is 7.07. The van der Waals surface area contributed by atoms with Crippen LogP contribution in [0.1, 0.15) is 15.9 Å². The van der Waals surface area contributed by atoms with E-state index in [2.05, 4.69) is 10.3 Å². The molecule has 0 bridgehead atoms. The molecule has 5 heteroatoms. The van der Waals surface area contributed by atoms with Crippen LogP contribution in [0.2, 0.25) is 0 Å². The van der Waals surface area contributed by atoms with Crippen LogP contribution in [0, 0.1) is 0 Å². The first-order valence-corrected chi connectivity index (χ1v) is 8.05. The van der Waals surface area contributed by atoms with Crippen LogP contribution in [0.4, 0.5) is 0 Å². The molecule has 1 aromatic heterocycles. The molecule has 0 aliphatic heterocycles. The molecule has 116 valence electrons. The van der Waals surface area contributed by atoms with Gasteiger partial charge < -0.3 is 10.1 Å². The van der Waals surface area contributed by atoms with Crippen LogP contribution in [-0.4, -0.2) is 18.0 Å². The summed E-state index contributed by atoms with van der Waals surface area (Å²) in [5.41, 5.74) is 2.68. The van der Waals surface area contributed by atoms with Crippen LogP contribution in [0.15, 0.2) is 60.1 Å². The number of hydrogen-bond donors (Lipinski definition) is 1. The van der Waals surface area contributed by atoms with Crippen LogP contribution in [0.25, 0.3) is 10.6 Å². The lowest BCUT2D eigenvalue weighted by Gasteiger charge is -2.07.